The van der Waals surface area contributed by atoms with Crippen LogP contribution in [0, 0.1) is 0 Å². The second kappa shape index (κ2) is 6.28. The highest BCUT2D eigenvalue weighted by atomic mass is 35.5. The molecule has 1 aliphatic rings. The molecule has 6 heteroatoms. The maximum atomic E-state index is 12.5. The fourth-order valence-corrected chi connectivity index (χ4v) is 2.96. The quantitative estimate of drug-likeness (QED) is 0.941. The molecule has 1 aromatic carbocycles. The summed E-state index contributed by atoms with van der Waals surface area (Å²) >= 11 is 5.95. The Morgan fingerprint density at radius 3 is 2.73 bits per heavy atom. The number of rotatable bonds is 3. The highest BCUT2D eigenvalue weighted by molar-refractivity contribution is 6.31. The Morgan fingerprint density at radius 2 is 2.05 bits per heavy atom. The van der Waals surface area contributed by atoms with Crippen LogP contribution >= 0.6 is 11.6 Å². The minimum atomic E-state index is -0.345. The molecule has 1 aliphatic heterocycles. The molecule has 22 heavy (non-hydrogen) atoms. The first kappa shape index (κ1) is 15.3. The van der Waals surface area contributed by atoms with Gasteiger partial charge in [-0.2, -0.15) is 0 Å². The highest BCUT2D eigenvalue weighted by Crippen LogP contribution is 2.24. The first-order valence-corrected chi connectivity index (χ1v) is 7.79. The van der Waals surface area contributed by atoms with Gasteiger partial charge in [-0.05, 0) is 31.2 Å². The van der Waals surface area contributed by atoms with Gasteiger partial charge in [0.15, 0.2) is 5.76 Å². The van der Waals surface area contributed by atoms with E-state index in [-0.39, 0.29) is 12.0 Å². The molecule has 0 saturated carbocycles. The molecular formula is C16H19ClN2O3. The first-order valence-electron chi connectivity index (χ1n) is 7.42. The number of β-amino-alcohol motifs (C(OH)–C–C–N with tert-alkyl or cyclic N) is 1. The Kier molecular flexibility index (Phi) is 4.38. The van der Waals surface area contributed by atoms with Crippen LogP contribution in [-0.4, -0.2) is 59.6 Å². The fourth-order valence-electron chi connectivity index (χ4n) is 2.78. The van der Waals surface area contributed by atoms with Gasteiger partial charge in [-0.3, -0.25) is 9.69 Å². The third kappa shape index (κ3) is 3.27. The number of hydrogen-bond acceptors (Lipinski definition) is 4. The van der Waals surface area contributed by atoms with Gasteiger partial charge in [0.05, 0.1) is 6.10 Å². The highest BCUT2D eigenvalue weighted by Gasteiger charge is 2.24. The first-order chi connectivity index (χ1) is 10.5. The zero-order valence-electron chi connectivity index (χ0n) is 12.5. The summed E-state index contributed by atoms with van der Waals surface area (Å²) in [5.74, 6) is 0.255. The van der Waals surface area contributed by atoms with Crippen molar-refractivity contribution in [2.24, 2.45) is 0 Å². The van der Waals surface area contributed by atoms with Gasteiger partial charge >= 0.3 is 0 Å². The molecule has 0 unspecified atom stereocenters. The summed E-state index contributed by atoms with van der Waals surface area (Å²) in [6, 6.07) is 7.05. The molecule has 0 aliphatic carbocycles. The minimum absolute atomic E-state index is 0.0935. The standard InChI is InChI=1S/C16H19ClN2O3/c1-11(20)10-18-4-6-19(7-5-18)16(21)15-9-12-8-13(17)2-3-14(12)22-15/h2-3,8-9,11,20H,4-7,10H2,1H3/t11-/m0/s1. The van der Waals surface area contributed by atoms with Crippen LogP contribution in [0.3, 0.4) is 0 Å². The van der Waals surface area contributed by atoms with Crippen molar-refractivity contribution in [3.63, 3.8) is 0 Å². The predicted octanol–water partition coefficient (Wildman–Crippen LogP) is 2.22. The van der Waals surface area contributed by atoms with Gasteiger partial charge in [0.1, 0.15) is 5.58 Å². The number of aliphatic hydroxyl groups excluding tert-OH is 1. The molecule has 0 radical (unpaired) electrons. The molecule has 1 saturated heterocycles. The van der Waals surface area contributed by atoms with Gasteiger partial charge in [0.2, 0.25) is 0 Å². The Morgan fingerprint density at radius 1 is 1.32 bits per heavy atom. The van der Waals surface area contributed by atoms with E-state index in [0.717, 1.165) is 18.5 Å². The van der Waals surface area contributed by atoms with Gasteiger partial charge in [-0.15, -0.1) is 0 Å². The molecule has 1 fully saturated rings. The molecular weight excluding hydrogens is 304 g/mol. The number of aliphatic hydroxyl groups is 1. The maximum Gasteiger partial charge on any atom is 0.289 e. The van der Waals surface area contributed by atoms with E-state index in [2.05, 4.69) is 4.90 Å². The van der Waals surface area contributed by atoms with E-state index in [4.69, 9.17) is 16.0 Å². The van der Waals surface area contributed by atoms with Gasteiger partial charge in [0.25, 0.3) is 5.91 Å². The molecule has 2 aromatic rings. The number of hydrogen-bond donors (Lipinski definition) is 1. The van der Waals surface area contributed by atoms with Gasteiger partial charge in [-0.1, -0.05) is 11.6 Å². The summed E-state index contributed by atoms with van der Waals surface area (Å²) in [5.41, 5.74) is 0.667. The third-order valence-electron chi connectivity index (χ3n) is 3.87. The average molecular weight is 323 g/mol. The van der Waals surface area contributed by atoms with E-state index in [1.54, 1.807) is 36.1 Å². The Balaban J connectivity index is 1.68. The van der Waals surface area contributed by atoms with Crippen molar-refractivity contribution in [1.82, 2.24) is 9.80 Å². The molecule has 1 aromatic heterocycles. The van der Waals surface area contributed by atoms with E-state index in [1.807, 2.05) is 0 Å². The number of fused-ring (bicyclic) bond motifs is 1. The monoisotopic (exact) mass is 322 g/mol. The molecule has 118 valence electrons. The van der Waals surface area contributed by atoms with Crippen molar-refractivity contribution in [1.29, 1.82) is 0 Å². The molecule has 0 spiro atoms. The van der Waals surface area contributed by atoms with Crippen molar-refractivity contribution in [2.75, 3.05) is 32.7 Å². The summed E-state index contributed by atoms with van der Waals surface area (Å²) in [5, 5.41) is 10.9. The number of carbonyl (C=O) groups excluding carboxylic acids is 1. The summed E-state index contributed by atoms with van der Waals surface area (Å²) in [6.07, 6.45) is -0.345. The van der Waals surface area contributed by atoms with Crippen LogP contribution in [0.1, 0.15) is 17.5 Å². The maximum absolute atomic E-state index is 12.5. The predicted molar refractivity (Wildman–Crippen MR) is 85.2 cm³/mol. The van der Waals surface area contributed by atoms with Gasteiger partial charge in [0, 0.05) is 43.1 Å². The normalized spacial score (nSPS) is 17.9. The smallest absolute Gasteiger partial charge is 0.289 e. The lowest BCUT2D eigenvalue weighted by Gasteiger charge is -2.34. The average Bonchev–Trinajstić information content (AvgIpc) is 2.89. The fraction of sp³-hybridized carbons (Fsp3) is 0.438. The lowest BCUT2D eigenvalue weighted by molar-refractivity contribution is 0.0530. The zero-order chi connectivity index (χ0) is 15.7. The number of furan rings is 1. The Labute approximate surface area is 134 Å². The van der Waals surface area contributed by atoms with Crippen LogP contribution in [-0.2, 0) is 0 Å². The Hall–Kier alpha value is -1.56. The van der Waals surface area contributed by atoms with E-state index >= 15 is 0 Å². The molecule has 3 rings (SSSR count). The Bertz CT molecular complexity index is 675. The van der Waals surface area contributed by atoms with Crippen molar-refractivity contribution in [3.05, 3.63) is 35.0 Å². The number of halogens is 1. The third-order valence-corrected chi connectivity index (χ3v) is 4.11. The number of benzene rings is 1. The van der Waals surface area contributed by atoms with Crippen LogP contribution in [0.5, 0.6) is 0 Å². The van der Waals surface area contributed by atoms with Crippen molar-refractivity contribution < 1.29 is 14.3 Å². The van der Waals surface area contributed by atoms with Crippen LogP contribution in [0.25, 0.3) is 11.0 Å². The lowest BCUT2D eigenvalue weighted by atomic mass is 10.2. The van der Waals surface area contributed by atoms with Crippen LogP contribution in [0.2, 0.25) is 5.02 Å². The SMILES string of the molecule is C[C@H](O)CN1CCN(C(=O)c2cc3cc(Cl)ccc3o2)CC1. The van der Waals surface area contributed by atoms with Gasteiger partial charge in [-0.25, -0.2) is 0 Å². The number of carbonyl (C=O) groups is 1. The number of nitrogens with zero attached hydrogens (tertiary/aromatic N) is 2. The van der Waals surface area contributed by atoms with Crippen LogP contribution in [0.4, 0.5) is 0 Å². The van der Waals surface area contributed by atoms with E-state index in [0.29, 0.717) is 36.0 Å². The molecule has 1 amide bonds. The summed E-state index contributed by atoms with van der Waals surface area (Å²) in [4.78, 5) is 16.5. The molecule has 1 N–H and O–H groups in total. The number of amides is 1. The van der Waals surface area contributed by atoms with Gasteiger partial charge < -0.3 is 14.4 Å². The van der Waals surface area contributed by atoms with E-state index < -0.39 is 0 Å². The molecule has 2 heterocycles. The van der Waals surface area contributed by atoms with E-state index in [1.165, 1.54) is 0 Å². The summed E-state index contributed by atoms with van der Waals surface area (Å²) in [7, 11) is 0. The second-order valence-corrected chi connectivity index (χ2v) is 6.17. The number of piperazine rings is 1. The van der Waals surface area contributed by atoms with Crippen molar-refractivity contribution in [2.45, 2.75) is 13.0 Å². The van der Waals surface area contributed by atoms with Crippen molar-refractivity contribution in [3.8, 4) is 0 Å². The molecule has 5 nitrogen and oxygen atoms in total. The summed E-state index contributed by atoms with van der Waals surface area (Å²) in [6.45, 7) is 5.24. The van der Waals surface area contributed by atoms with Crippen LogP contribution < -0.4 is 0 Å². The van der Waals surface area contributed by atoms with Crippen molar-refractivity contribution >= 4 is 28.5 Å². The molecule has 0 bridgehead atoms. The second-order valence-electron chi connectivity index (χ2n) is 5.73. The summed E-state index contributed by atoms with van der Waals surface area (Å²) < 4.78 is 5.63. The largest absolute Gasteiger partial charge is 0.451 e. The topological polar surface area (TPSA) is 56.9 Å². The lowest BCUT2D eigenvalue weighted by Crippen LogP contribution is -2.50. The zero-order valence-corrected chi connectivity index (χ0v) is 13.2. The minimum Gasteiger partial charge on any atom is -0.451 e. The van der Waals surface area contributed by atoms with E-state index in [9.17, 15) is 9.90 Å². The van der Waals surface area contributed by atoms with Crippen LogP contribution in [0.15, 0.2) is 28.7 Å². The molecule has 1 atom stereocenters.